The van der Waals surface area contributed by atoms with E-state index in [1.54, 1.807) is 0 Å². The lowest BCUT2D eigenvalue weighted by molar-refractivity contribution is -0.115. The maximum Gasteiger partial charge on any atom is 0.162 e. The second kappa shape index (κ2) is 5.43. The smallest absolute Gasteiger partial charge is 0.162 e. The van der Waals surface area contributed by atoms with Crippen LogP contribution in [0, 0.1) is 0 Å². The predicted octanol–water partition coefficient (Wildman–Crippen LogP) is -0.107. The first-order valence-corrected chi connectivity index (χ1v) is 6.01. The van der Waals surface area contributed by atoms with Gasteiger partial charge < -0.3 is 4.43 Å². The lowest BCUT2D eigenvalue weighted by Crippen LogP contribution is -2.26. The summed E-state index contributed by atoms with van der Waals surface area (Å²) < 4.78 is 5.28. The molecule has 0 amide bonds. The van der Waals surface area contributed by atoms with E-state index >= 15 is 0 Å². The number of carbonyl (C=O) groups excluding carboxylic acids is 1. The van der Waals surface area contributed by atoms with Gasteiger partial charge in [-0.15, -0.1) is 0 Å². The standard InChI is InChI=1S/C10H19NO2Si/c1-3-11(4-2)7-8-5-9(13-14)6-10(8)12/h5,9H,3-4,6-7H2,1-2,14H3. The molecule has 0 bridgehead atoms. The number of likely N-dealkylation sites (N-methyl/N-ethyl adjacent to an activating group) is 1. The number of carbonyl (C=O) groups is 1. The van der Waals surface area contributed by atoms with E-state index in [1.807, 2.05) is 6.08 Å². The first kappa shape index (κ1) is 11.6. The van der Waals surface area contributed by atoms with Crippen molar-refractivity contribution in [1.82, 2.24) is 4.90 Å². The van der Waals surface area contributed by atoms with E-state index < -0.39 is 0 Å². The van der Waals surface area contributed by atoms with Crippen LogP contribution in [0.3, 0.4) is 0 Å². The molecule has 0 heterocycles. The number of hydrogen-bond acceptors (Lipinski definition) is 3. The molecule has 4 heteroatoms. The number of ketones is 1. The fourth-order valence-electron chi connectivity index (χ4n) is 1.67. The van der Waals surface area contributed by atoms with E-state index in [0.717, 1.165) is 25.2 Å². The number of nitrogens with zero attached hydrogens (tertiary/aromatic N) is 1. The van der Waals surface area contributed by atoms with Crippen LogP contribution in [0.4, 0.5) is 0 Å². The minimum absolute atomic E-state index is 0.0692. The van der Waals surface area contributed by atoms with Crippen LogP contribution in [0.5, 0.6) is 0 Å². The van der Waals surface area contributed by atoms with Gasteiger partial charge in [0.05, 0.1) is 6.10 Å². The molecule has 80 valence electrons. The molecule has 0 N–H and O–H groups in total. The highest BCUT2D eigenvalue weighted by Crippen LogP contribution is 2.17. The van der Waals surface area contributed by atoms with Crippen LogP contribution in [0.25, 0.3) is 0 Å². The Morgan fingerprint density at radius 3 is 2.64 bits per heavy atom. The molecule has 0 fully saturated rings. The van der Waals surface area contributed by atoms with Crippen LogP contribution in [-0.2, 0) is 9.22 Å². The van der Waals surface area contributed by atoms with Gasteiger partial charge in [-0.25, -0.2) is 0 Å². The zero-order valence-electron chi connectivity index (χ0n) is 9.25. The Balaban J connectivity index is 2.55. The molecule has 0 aromatic rings. The molecule has 14 heavy (non-hydrogen) atoms. The highest BCUT2D eigenvalue weighted by atomic mass is 28.2. The molecule has 0 radical (unpaired) electrons. The van der Waals surface area contributed by atoms with Crippen LogP contribution in [0.15, 0.2) is 11.6 Å². The van der Waals surface area contributed by atoms with Crippen molar-refractivity contribution < 1.29 is 9.22 Å². The molecule has 0 saturated carbocycles. The van der Waals surface area contributed by atoms with Gasteiger partial charge in [-0.1, -0.05) is 13.8 Å². The molecule has 0 aromatic heterocycles. The van der Waals surface area contributed by atoms with Crippen LogP contribution >= 0.6 is 0 Å². The third-order valence-corrected chi connectivity index (χ3v) is 3.33. The molecule has 1 unspecified atom stereocenters. The van der Waals surface area contributed by atoms with E-state index in [0.29, 0.717) is 16.9 Å². The third kappa shape index (κ3) is 2.77. The maximum atomic E-state index is 11.6. The summed E-state index contributed by atoms with van der Waals surface area (Å²) in [6, 6.07) is 0. The van der Waals surface area contributed by atoms with Gasteiger partial charge in [0.15, 0.2) is 5.78 Å². The number of rotatable bonds is 5. The average molecular weight is 213 g/mol. The average Bonchev–Trinajstić information content (AvgIpc) is 2.56. The highest BCUT2D eigenvalue weighted by Gasteiger charge is 2.23. The minimum Gasteiger partial charge on any atom is -0.421 e. The lowest BCUT2D eigenvalue weighted by Gasteiger charge is -2.17. The Morgan fingerprint density at radius 2 is 2.21 bits per heavy atom. The van der Waals surface area contributed by atoms with Crippen molar-refractivity contribution in [3.8, 4) is 0 Å². The van der Waals surface area contributed by atoms with E-state index in [1.165, 1.54) is 0 Å². The van der Waals surface area contributed by atoms with E-state index in [2.05, 4.69) is 18.7 Å². The molecule has 1 rings (SSSR count). The summed E-state index contributed by atoms with van der Waals surface area (Å²) in [4.78, 5) is 13.8. The lowest BCUT2D eigenvalue weighted by atomic mass is 10.2. The van der Waals surface area contributed by atoms with E-state index in [9.17, 15) is 4.79 Å². The second-order valence-corrected chi connectivity index (χ2v) is 4.03. The van der Waals surface area contributed by atoms with Crippen molar-refractivity contribution in [2.45, 2.75) is 26.4 Å². The third-order valence-electron chi connectivity index (χ3n) is 2.72. The Morgan fingerprint density at radius 1 is 1.57 bits per heavy atom. The molecule has 0 aliphatic heterocycles. The Kier molecular flexibility index (Phi) is 4.51. The van der Waals surface area contributed by atoms with Crippen LogP contribution < -0.4 is 0 Å². The van der Waals surface area contributed by atoms with Gasteiger partial charge in [0.1, 0.15) is 10.5 Å². The summed E-state index contributed by atoms with van der Waals surface area (Å²) in [5, 5.41) is 0. The molecule has 0 saturated heterocycles. The van der Waals surface area contributed by atoms with Crippen molar-refractivity contribution in [3.05, 3.63) is 11.6 Å². The quantitative estimate of drug-likeness (QED) is 0.597. The van der Waals surface area contributed by atoms with Crippen molar-refractivity contribution in [3.63, 3.8) is 0 Å². The highest BCUT2D eigenvalue weighted by molar-refractivity contribution is 6.01. The summed E-state index contributed by atoms with van der Waals surface area (Å²) in [5.74, 6) is 0.262. The molecule has 1 aliphatic rings. The van der Waals surface area contributed by atoms with Gasteiger partial charge >= 0.3 is 0 Å². The van der Waals surface area contributed by atoms with Crippen molar-refractivity contribution >= 4 is 16.3 Å². The van der Waals surface area contributed by atoms with Gasteiger partial charge in [-0.05, 0) is 19.2 Å². The summed E-state index contributed by atoms with van der Waals surface area (Å²) in [7, 11) is 0.704. The molecule has 1 atom stereocenters. The minimum atomic E-state index is 0.0692. The predicted molar refractivity (Wildman–Crippen MR) is 60.3 cm³/mol. The van der Waals surface area contributed by atoms with Crippen molar-refractivity contribution in [1.29, 1.82) is 0 Å². The zero-order valence-corrected chi connectivity index (χ0v) is 11.2. The fraction of sp³-hybridized carbons (Fsp3) is 0.700. The second-order valence-electron chi connectivity index (χ2n) is 3.55. The molecule has 0 aromatic carbocycles. The summed E-state index contributed by atoms with van der Waals surface area (Å²) >= 11 is 0. The first-order chi connectivity index (χ1) is 6.71. The van der Waals surface area contributed by atoms with Gasteiger partial charge in [-0.3, -0.25) is 9.69 Å². The topological polar surface area (TPSA) is 29.5 Å². The first-order valence-electron chi connectivity index (χ1n) is 5.20. The largest absolute Gasteiger partial charge is 0.421 e. The Hall–Kier alpha value is -0.453. The normalized spacial score (nSPS) is 22.1. The molecular weight excluding hydrogens is 194 g/mol. The van der Waals surface area contributed by atoms with E-state index in [4.69, 9.17) is 4.43 Å². The Labute approximate surface area is 88.7 Å². The molecular formula is C10H19NO2Si. The van der Waals surface area contributed by atoms with Crippen LogP contribution in [0.1, 0.15) is 20.3 Å². The maximum absolute atomic E-state index is 11.6. The SMILES string of the molecule is CCN(CC)CC1=CC(O[SiH3])CC1=O. The fourth-order valence-corrected chi connectivity index (χ4v) is 1.97. The zero-order chi connectivity index (χ0) is 10.6. The van der Waals surface area contributed by atoms with Gasteiger partial charge in [0.2, 0.25) is 0 Å². The monoisotopic (exact) mass is 213 g/mol. The molecule has 0 spiro atoms. The number of Topliss-reactive ketones (excluding diaryl/α,β-unsaturated/α-hetero) is 1. The molecule has 1 aliphatic carbocycles. The van der Waals surface area contributed by atoms with Gasteiger partial charge in [0, 0.05) is 18.5 Å². The summed E-state index contributed by atoms with van der Waals surface area (Å²) in [5.41, 5.74) is 0.939. The number of hydrogen-bond donors (Lipinski definition) is 0. The van der Waals surface area contributed by atoms with Gasteiger partial charge in [0.25, 0.3) is 0 Å². The van der Waals surface area contributed by atoms with Crippen LogP contribution in [-0.4, -0.2) is 46.9 Å². The van der Waals surface area contributed by atoms with Crippen molar-refractivity contribution in [2.75, 3.05) is 19.6 Å². The van der Waals surface area contributed by atoms with Crippen molar-refractivity contribution in [2.24, 2.45) is 0 Å². The Bertz CT molecular complexity index is 236. The van der Waals surface area contributed by atoms with E-state index in [-0.39, 0.29) is 11.9 Å². The summed E-state index contributed by atoms with van der Waals surface area (Å²) in [6.07, 6.45) is 2.62. The van der Waals surface area contributed by atoms with Gasteiger partial charge in [-0.2, -0.15) is 0 Å². The van der Waals surface area contributed by atoms with Crippen LogP contribution in [0.2, 0.25) is 0 Å². The summed E-state index contributed by atoms with van der Waals surface area (Å²) in [6.45, 7) is 7.00. The molecule has 3 nitrogen and oxygen atoms in total.